The Morgan fingerprint density at radius 3 is 2.67 bits per heavy atom. The smallest absolute Gasteiger partial charge is 0.274 e. The summed E-state index contributed by atoms with van der Waals surface area (Å²) in [5.74, 6) is 0.458. The van der Waals surface area contributed by atoms with Crippen molar-refractivity contribution in [3.8, 4) is 0 Å². The molecule has 1 amide bonds. The molecular weight excluding hydrogens is 268 g/mol. The summed E-state index contributed by atoms with van der Waals surface area (Å²) in [4.78, 5) is 22.4. The molecule has 1 aliphatic rings. The molecule has 0 radical (unpaired) electrons. The summed E-state index contributed by atoms with van der Waals surface area (Å²) in [7, 11) is 1.68. The van der Waals surface area contributed by atoms with Crippen LogP contribution in [0.3, 0.4) is 0 Å². The molecule has 116 valence electrons. The lowest BCUT2D eigenvalue weighted by atomic mass is 10.0. The average molecular weight is 292 g/mol. The predicted molar refractivity (Wildman–Crippen MR) is 80.9 cm³/mol. The zero-order valence-corrected chi connectivity index (χ0v) is 13.0. The Morgan fingerprint density at radius 2 is 2.10 bits per heavy atom. The van der Waals surface area contributed by atoms with Crippen molar-refractivity contribution in [3.05, 3.63) is 17.7 Å². The second-order valence-electron chi connectivity index (χ2n) is 6.28. The van der Waals surface area contributed by atoms with Crippen LogP contribution in [0.4, 0.5) is 5.69 Å². The summed E-state index contributed by atoms with van der Waals surface area (Å²) in [5, 5.41) is 10.4. The second-order valence-corrected chi connectivity index (χ2v) is 6.28. The number of hydrogen-bond acceptors (Lipinski definition) is 5. The van der Waals surface area contributed by atoms with Crippen LogP contribution in [0, 0.1) is 0 Å². The zero-order chi connectivity index (χ0) is 15.6. The summed E-state index contributed by atoms with van der Waals surface area (Å²) in [6, 6.07) is 0. The maximum atomic E-state index is 12.5. The van der Waals surface area contributed by atoms with Gasteiger partial charge in [-0.2, -0.15) is 0 Å². The van der Waals surface area contributed by atoms with Gasteiger partial charge in [-0.1, -0.05) is 26.7 Å². The molecule has 1 heterocycles. The first kappa shape index (κ1) is 15.7. The minimum Gasteiger partial charge on any atom is -0.396 e. The Labute approximate surface area is 125 Å². The summed E-state index contributed by atoms with van der Waals surface area (Å²) < 4.78 is 0. The lowest BCUT2D eigenvalue weighted by Crippen LogP contribution is -2.42. The molecule has 0 unspecified atom stereocenters. The number of carbonyl (C=O) groups excluding carboxylic acids is 1. The molecule has 3 N–H and O–H groups in total. The molecule has 21 heavy (non-hydrogen) atoms. The van der Waals surface area contributed by atoms with Gasteiger partial charge in [0.1, 0.15) is 5.82 Å². The van der Waals surface area contributed by atoms with Crippen LogP contribution >= 0.6 is 0 Å². The van der Waals surface area contributed by atoms with E-state index in [1.54, 1.807) is 7.05 Å². The van der Waals surface area contributed by atoms with Crippen molar-refractivity contribution < 1.29 is 9.90 Å². The van der Waals surface area contributed by atoms with Crippen molar-refractivity contribution in [1.29, 1.82) is 0 Å². The number of anilines is 1. The Hall–Kier alpha value is -1.69. The monoisotopic (exact) mass is 292 g/mol. The summed E-state index contributed by atoms with van der Waals surface area (Å²) >= 11 is 0. The first-order valence-electron chi connectivity index (χ1n) is 7.43. The molecule has 0 bridgehead atoms. The van der Waals surface area contributed by atoms with Gasteiger partial charge in [0, 0.05) is 19.5 Å². The van der Waals surface area contributed by atoms with Crippen molar-refractivity contribution in [3.63, 3.8) is 0 Å². The summed E-state index contributed by atoms with van der Waals surface area (Å²) in [6.45, 7) is 4.24. The molecule has 1 aromatic heterocycles. The first-order valence-corrected chi connectivity index (χ1v) is 7.43. The zero-order valence-electron chi connectivity index (χ0n) is 13.0. The number of rotatable bonds is 4. The van der Waals surface area contributed by atoms with E-state index in [0.717, 1.165) is 25.7 Å². The molecule has 0 aromatic carbocycles. The molecular formula is C15H24N4O2. The average Bonchev–Trinajstić information content (AvgIpc) is 2.84. The Kier molecular flexibility index (Phi) is 4.46. The van der Waals surface area contributed by atoms with Gasteiger partial charge in [-0.25, -0.2) is 9.97 Å². The van der Waals surface area contributed by atoms with E-state index in [1.165, 1.54) is 11.1 Å². The molecule has 1 saturated carbocycles. The fourth-order valence-corrected chi connectivity index (χ4v) is 2.74. The van der Waals surface area contributed by atoms with E-state index in [1.807, 2.05) is 13.8 Å². The molecule has 1 aliphatic carbocycles. The minimum absolute atomic E-state index is 0.126. The minimum atomic E-state index is -0.771. The SMILES string of the molecule is CC(C)c1ncc(N)c(C(=O)N(C)CC2(O)CCCC2)n1. The highest BCUT2D eigenvalue weighted by Crippen LogP contribution is 2.30. The third-order valence-corrected chi connectivity index (χ3v) is 3.97. The molecule has 0 atom stereocenters. The number of nitrogens with two attached hydrogens (primary N) is 1. The quantitative estimate of drug-likeness (QED) is 0.878. The second kappa shape index (κ2) is 5.97. The van der Waals surface area contributed by atoms with Crippen molar-refractivity contribution in [2.45, 2.75) is 51.0 Å². The lowest BCUT2D eigenvalue weighted by Gasteiger charge is -2.28. The summed E-state index contributed by atoms with van der Waals surface area (Å²) in [6.07, 6.45) is 4.97. The van der Waals surface area contributed by atoms with E-state index in [4.69, 9.17) is 5.73 Å². The molecule has 2 rings (SSSR count). The van der Waals surface area contributed by atoms with Crippen molar-refractivity contribution in [2.24, 2.45) is 0 Å². The van der Waals surface area contributed by atoms with E-state index in [0.29, 0.717) is 12.4 Å². The van der Waals surface area contributed by atoms with Crippen molar-refractivity contribution in [1.82, 2.24) is 14.9 Å². The van der Waals surface area contributed by atoms with E-state index in [9.17, 15) is 9.90 Å². The number of amides is 1. The molecule has 6 nitrogen and oxygen atoms in total. The van der Waals surface area contributed by atoms with Crippen LogP contribution in [0.25, 0.3) is 0 Å². The van der Waals surface area contributed by atoms with E-state index in [-0.39, 0.29) is 23.2 Å². The molecule has 6 heteroatoms. The molecule has 1 aromatic rings. The van der Waals surface area contributed by atoms with Crippen molar-refractivity contribution in [2.75, 3.05) is 19.3 Å². The predicted octanol–water partition coefficient (Wildman–Crippen LogP) is 1.56. The molecule has 0 spiro atoms. The normalized spacial score (nSPS) is 17.2. The topological polar surface area (TPSA) is 92.3 Å². The Morgan fingerprint density at radius 1 is 1.48 bits per heavy atom. The number of nitrogen functional groups attached to an aromatic ring is 1. The number of hydrogen-bond donors (Lipinski definition) is 2. The van der Waals surface area contributed by atoms with Gasteiger partial charge >= 0.3 is 0 Å². The van der Waals surface area contributed by atoms with E-state index in [2.05, 4.69) is 9.97 Å². The van der Waals surface area contributed by atoms with Gasteiger partial charge in [-0.3, -0.25) is 4.79 Å². The molecule has 0 aliphatic heterocycles. The van der Waals surface area contributed by atoms with Gasteiger partial charge in [0.2, 0.25) is 0 Å². The van der Waals surface area contributed by atoms with Crippen LogP contribution in [-0.4, -0.2) is 45.1 Å². The number of carbonyl (C=O) groups is 1. The van der Waals surface area contributed by atoms with Gasteiger partial charge in [-0.15, -0.1) is 0 Å². The Bertz CT molecular complexity index is 524. The molecule has 0 saturated heterocycles. The fraction of sp³-hybridized carbons (Fsp3) is 0.667. The first-order chi connectivity index (χ1) is 9.82. The number of likely N-dealkylation sites (N-methyl/N-ethyl adjacent to an activating group) is 1. The lowest BCUT2D eigenvalue weighted by molar-refractivity contribution is 0.0155. The van der Waals surface area contributed by atoms with Crippen LogP contribution in [0.15, 0.2) is 6.20 Å². The number of aromatic nitrogens is 2. The van der Waals surface area contributed by atoms with E-state index >= 15 is 0 Å². The third kappa shape index (κ3) is 3.50. The maximum Gasteiger partial charge on any atom is 0.274 e. The van der Waals surface area contributed by atoms with Crippen LogP contribution in [0.5, 0.6) is 0 Å². The van der Waals surface area contributed by atoms with Crippen LogP contribution in [0.2, 0.25) is 0 Å². The summed E-state index contributed by atoms with van der Waals surface area (Å²) in [5.41, 5.74) is 5.56. The third-order valence-electron chi connectivity index (χ3n) is 3.97. The fourth-order valence-electron chi connectivity index (χ4n) is 2.74. The van der Waals surface area contributed by atoms with Gasteiger partial charge in [-0.05, 0) is 12.8 Å². The van der Waals surface area contributed by atoms with Gasteiger partial charge < -0.3 is 15.7 Å². The highest BCUT2D eigenvalue weighted by atomic mass is 16.3. The van der Waals surface area contributed by atoms with Crippen LogP contribution in [0.1, 0.15) is 61.8 Å². The number of aliphatic hydroxyl groups is 1. The van der Waals surface area contributed by atoms with Gasteiger partial charge in [0.15, 0.2) is 5.69 Å². The molecule has 1 fully saturated rings. The highest BCUT2D eigenvalue weighted by Gasteiger charge is 2.34. The van der Waals surface area contributed by atoms with Crippen LogP contribution in [-0.2, 0) is 0 Å². The van der Waals surface area contributed by atoms with Gasteiger partial charge in [0.05, 0.1) is 17.5 Å². The van der Waals surface area contributed by atoms with Gasteiger partial charge in [0.25, 0.3) is 5.91 Å². The highest BCUT2D eigenvalue weighted by molar-refractivity contribution is 5.96. The standard InChI is InChI=1S/C15H24N4O2/c1-10(2)13-17-8-11(16)12(18-13)14(20)19(3)9-15(21)6-4-5-7-15/h8,10,21H,4-7,9,16H2,1-3H3. The largest absolute Gasteiger partial charge is 0.396 e. The maximum absolute atomic E-state index is 12.5. The number of nitrogens with zero attached hydrogens (tertiary/aromatic N) is 3. The van der Waals surface area contributed by atoms with Crippen molar-refractivity contribution >= 4 is 11.6 Å². The van der Waals surface area contributed by atoms with E-state index < -0.39 is 5.60 Å². The Balaban J connectivity index is 2.17. The van der Waals surface area contributed by atoms with Crippen LogP contribution < -0.4 is 5.73 Å².